The molecule has 0 atom stereocenters. The summed E-state index contributed by atoms with van der Waals surface area (Å²) in [5, 5.41) is 7.55. The van der Waals surface area contributed by atoms with E-state index < -0.39 is 0 Å². The molecule has 1 saturated carbocycles. The van der Waals surface area contributed by atoms with Crippen LogP contribution in [0.1, 0.15) is 46.5 Å². The lowest BCUT2D eigenvalue weighted by molar-refractivity contribution is -0.122. The van der Waals surface area contributed by atoms with Gasteiger partial charge in [-0.3, -0.25) is 9.59 Å². The molecule has 1 aliphatic rings. The number of hydrogen-bond acceptors (Lipinski definition) is 3. The number of thiophene rings is 1. The quantitative estimate of drug-likeness (QED) is 0.755. The van der Waals surface area contributed by atoms with Crippen molar-refractivity contribution in [1.29, 1.82) is 0 Å². The van der Waals surface area contributed by atoms with Crippen molar-refractivity contribution in [2.45, 2.75) is 38.0 Å². The minimum atomic E-state index is -0.109. The Morgan fingerprint density at radius 1 is 1.07 bits per heavy atom. The van der Waals surface area contributed by atoms with Crippen molar-refractivity contribution < 1.29 is 9.59 Å². The van der Waals surface area contributed by atoms with Crippen LogP contribution in [0.25, 0.3) is 0 Å². The SMILES string of the molecule is Cc1sccc1C(=O)NCC#CCNC(=O)CC1(c2ccccc2)CCC1. The Morgan fingerprint density at radius 2 is 1.78 bits per heavy atom. The molecule has 0 bridgehead atoms. The lowest BCUT2D eigenvalue weighted by Gasteiger charge is -2.42. The fourth-order valence-corrected chi connectivity index (χ4v) is 4.14. The predicted octanol–water partition coefficient (Wildman–Crippen LogP) is 3.42. The molecule has 140 valence electrons. The zero-order valence-corrected chi connectivity index (χ0v) is 16.3. The zero-order chi connectivity index (χ0) is 19.1. The number of rotatable bonds is 6. The molecule has 27 heavy (non-hydrogen) atoms. The molecule has 2 amide bonds. The Morgan fingerprint density at radius 3 is 2.37 bits per heavy atom. The first kappa shape index (κ1) is 19.2. The van der Waals surface area contributed by atoms with Gasteiger partial charge in [0.2, 0.25) is 5.91 Å². The molecular weight excluding hydrogens is 356 g/mol. The highest BCUT2D eigenvalue weighted by Crippen LogP contribution is 2.46. The summed E-state index contributed by atoms with van der Waals surface area (Å²) in [5.74, 6) is 5.71. The molecule has 0 radical (unpaired) electrons. The number of hydrogen-bond donors (Lipinski definition) is 2. The lowest BCUT2D eigenvalue weighted by Crippen LogP contribution is -2.40. The molecule has 4 nitrogen and oxygen atoms in total. The molecule has 0 spiro atoms. The van der Waals surface area contributed by atoms with Crippen molar-refractivity contribution in [1.82, 2.24) is 10.6 Å². The van der Waals surface area contributed by atoms with E-state index in [1.54, 1.807) is 11.3 Å². The normalized spacial score (nSPS) is 14.4. The minimum absolute atomic E-state index is 0.00879. The number of nitrogens with one attached hydrogen (secondary N) is 2. The molecule has 1 fully saturated rings. The van der Waals surface area contributed by atoms with Gasteiger partial charge in [0.05, 0.1) is 18.7 Å². The summed E-state index contributed by atoms with van der Waals surface area (Å²) in [6.45, 7) is 2.50. The molecule has 2 N–H and O–H groups in total. The predicted molar refractivity (Wildman–Crippen MR) is 109 cm³/mol. The van der Waals surface area contributed by atoms with Crippen LogP contribution in [-0.2, 0) is 10.2 Å². The topological polar surface area (TPSA) is 58.2 Å². The van der Waals surface area contributed by atoms with Crippen LogP contribution >= 0.6 is 11.3 Å². The van der Waals surface area contributed by atoms with Gasteiger partial charge in [0, 0.05) is 16.7 Å². The van der Waals surface area contributed by atoms with Crippen molar-refractivity contribution in [2.75, 3.05) is 13.1 Å². The van der Waals surface area contributed by atoms with E-state index >= 15 is 0 Å². The number of amides is 2. The van der Waals surface area contributed by atoms with E-state index in [1.807, 2.05) is 36.6 Å². The van der Waals surface area contributed by atoms with Crippen LogP contribution in [0, 0.1) is 18.8 Å². The Hall–Kier alpha value is -2.58. The number of carbonyl (C=O) groups excluding carboxylic acids is 2. The lowest BCUT2D eigenvalue weighted by atomic mass is 9.62. The van der Waals surface area contributed by atoms with Gasteiger partial charge < -0.3 is 10.6 Å². The summed E-state index contributed by atoms with van der Waals surface area (Å²) < 4.78 is 0. The van der Waals surface area contributed by atoms with Gasteiger partial charge in [0.15, 0.2) is 0 Å². The van der Waals surface area contributed by atoms with Crippen LogP contribution < -0.4 is 10.6 Å². The largest absolute Gasteiger partial charge is 0.345 e. The fraction of sp³-hybridized carbons (Fsp3) is 0.364. The molecule has 0 saturated heterocycles. The van der Waals surface area contributed by atoms with E-state index in [-0.39, 0.29) is 23.8 Å². The van der Waals surface area contributed by atoms with Crippen LogP contribution in [0.5, 0.6) is 0 Å². The van der Waals surface area contributed by atoms with Gasteiger partial charge in [0.25, 0.3) is 5.91 Å². The molecule has 1 aliphatic carbocycles. The van der Waals surface area contributed by atoms with Crippen LogP contribution in [0.4, 0.5) is 0 Å². The summed E-state index contributed by atoms with van der Waals surface area (Å²) in [5.41, 5.74) is 1.94. The van der Waals surface area contributed by atoms with Gasteiger partial charge in [-0.15, -0.1) is 11.3 Å². The monoisotopic (exact) mass is 380 g/mol. The second-order valence-corrected chi connectivity index (χ2v) is 8.00. The third kappa shape index (κ3) is 4.78. The molecule has 1 aromatic carbocycles. The average molecular weight is 381 g/mol. The van der Waals surface area contributed by atoms with Crippen molar-refractivity contribution >= 4 is 23.2 Å². The summed E-state index contributed by atoms with van der Waals surface area (Å²) in [7, 11) is 0. The highest BCUT2D eigenvalue weighted by atomic mass is 32.1. The van der Waals surface area contributed by atoms with E-state index in [2.05, 4.69) is 34.6 Å². The third-order valence-electron chi connectivity index (χ3n) is 5.14. The summed E-state index contributed by atoms with van der Waals surface area (Å²) in [6, 6.07) is 12.1. The Kier molecular flexibility index (Phi) is 6.31. The van der Waals surface area contributed by atoms with Gasteiger partial charge in [-0.25, -0.2) is 0 Å². The molecule has 0 unspecified atom stereocenters. The van der Waals surface area contributed by atoms with Crippen LogP contribution in [0.2, 0.25) is 0 Å². The Labute approximate surface area is 164 Å². The summed E-state index contributed by atoms with van der Waals surface area (Å²) in [4.78, 5) is 25.3. The van der Waals surface area contributed by atoms with Crippen molar-refractivity contribution in [3.8, 4) is 11.8 Å². The van der Waals surface area contributed by atoms with Gasteiger partial charge >= 0.3 is 0 Å². The van der Waals surface area contributed by atoms with E-state index in [1.165, 1.54) is 12.0 Å². The third-order valence-corrected chi connectivity index (χ3v) is 5.98. The smallest absolute Gasteiger partial charge is 0.253 e. The van der Waals surface area contributed by atoms with E-state index in [0.29, 0.717) is 18.5 Å². The number of carbonyl (C=O) groups is 2. The summed E-state index contributed by atoms with van der Waals surface area (Å²) in [6.07, 6.45) is 3.80. The maximum Gasteiger partial charge on any atom is 0.253 e. The van der Waals surface area contributed by atoms with Crippen LogP contribution in [0.3, 0.4) is 0 Å². The number of benzene rings is 1. The second-order valence-electron chi connectivity index (χ2n) is 6.88. The van der Waals surface area contributed by atoms with Crippen LogP contribution in [0.15, 0.2) is 41.8 Å². The average Bonchev–Trinajstić information content (AvgIpc) is 3.07. The first-order valence-electron chi connectivity index (χ1n) is 9.21. The highest BCUT2D eigenvalue weighted by Gasteiger charge is 2.40. The molecule has 1 aromatic heterocycles. The summed E-state index contributed by atoms with van der Waals surface area (Å²) >= 11 is 1.55. The molecular formula is C22H24N2O2S. The molecule has 2 aromatic rings. The molecule has 5 heteroatoms. The van der Waals surface area contributed by atoms with Gasteiger partial charge in [-0.1, -0.05) is 48.6 Å². The van der Waals surface area contributed by atoms with Gasteiger partial charge in [-0.2, -0.15) is 0 Å². The van der Waals surface area contributed by atoms with Crippen molar-refractivity contribution in [2.24, 2.45) is 0 Å². The zero-order valence-electron chi connectivity index (χ0n) is 15.5. The molecule has 0 aliphatic heterocycles. The van der Waals surface area contributed by atoms with E-state index in [0.717, 1.165) is 17.7 Å². The Balaban J connectivity index is 1.41. The standard InChI is InChI=1S/C22H24N2O2S/c1-17-19(10-15-27-17)21(26)24-14-6-5-13-23-20(25)16-22(11-7-12-22)18-8-3-2-4-9-18/h2-4,8-10,15H,7,11-14,16H2,1H3,(H,23,25)(H,24,26). The van der Waals surface area contributed by atoms with Crippen molar-refractivity contribution in [3.63, 3.8) is 0 Å². The minimum Gasteiger partial charge on any atom is -0.345 e. The first-order valence-corrected chi connectivity index (χ1v) is 10.1. The molecule has 1 heterocycles. The van der Waals surface area contributed by atoms with E-state index in [4.69, 9.17) is 0 Å². The van der Waals surface area contributed by atoms with E-state index in [9.17, 15) is 9.59 Å². The van der Waals surface area contributed by atoms with Gasteiger partial charge in [0.1, 0.15) is 0 Å². The first-order chi connectivity index (χ1) is 13.1. The van der Waals surface area contributed by atoms with Gasteiger partial charge in [-0.05, 0) is 36.8 Å². The Bertz CT molecular complexity index is 857. The second kappa shape index (κ2) is 8.88. The van der Waals surface area contributed by atoms with Crippen LogP contribution in [-0.4, -0.2) is 24.9 Å². The molecule has 3 rings (SSSR count). The maximum absolute atomic E-state index is 12.3. The number of aryl methyl sites for hydroxylation is 1. The maximum atomic E-state index is 12.3. The highest BCUT2D eigenvalue weighted by molar-refractivity contribution is 7.10. The van der Waals surface area contributed by atoms with Crippen molar-refractivity contribution in [3.05, 3.63) is 57.8 Å². The fourth-order valence-electron chi connectivity index (χ4n) is 3.44.